The zero-order valence-electron chi connectivity index (χ0n) is 19.4. The van der Waals surface area contributed by atoms with E-state index in [1.807, 2.05) is 31.2 Å². The monoisotopic (exact) mass is 452 g/mol. The zero-order chi connectivity index (χ0) is 24.0. The van der Waals surface area contributed by atoms with Crippen LogP contribution in [0.4, 0.5) is 4.79 Å². The van der Waals surface area contributed by atoms with Crippen molar-refractivity contribution < 1.29 is 24.2 Å². The minimum Gasteiger partial charge on any atom is -0.481 e. The number of carboxylic acids is 1. The topological polar surface area (TPSA) is 105 Å². The molecule has 7 heteroatoms. The average molecular weight is 453 g/mol. The number of amides is 2. The lowest BCUT2D eigenvalue weighted by Gasteiger charge is -2.27. The molecule has 3 rings (SSSR count). The van der Waals surface area contributed by atoms with Crippen molar-refractivity contribution in [3.05, 3.63) is 59.7 Å². The number of hydrogen-bond acceptors (Lipinski definition) is 4. The van der Waals surface area contributed by atoms with Gasteiger partial charge in [0.25, 0.3) is 0 Å². The van der Waals surface area contributed by atoms with Gasteiger partial charge in [-0.3, -0.25) is 9.59 Å². The molecule has 176 valence electrons. The van der Waals surface area contributed by atoms with Crippen LogP contribution in [0, 0.1) is 5.41 Å². The first-order valence-electron chi connectivity index (χ1n) is 11.3. The van der Waals surface area contributed by atoms with Crippen molar-refractivity contribution in [2.24, 2.45) is 5.41 Å². The molecule has 2 amide bonds. The molecule has 2 aromatic rings. The zero-order valence-corrected chi connectivity index (χ0v) is 19.4. The maximum Gasteiger partial charge on any atom is 0.407 e. The standard InChI is InChI=1S/C26H32N2O5/c1-4-9-17(14-23(29)30)28-24(31)26(2,3)16-27-25(32)33-15-22-20-12-7-5-10-18(20)19-11-6-8-13-21(19)22/h5-8,10-13,17,22H,4,9,14-16H2,1-3H3,(H,27,32)(H,28,31)(H,29,30). The molecule has 7 nitrogen and oxygen atoms in total. The van der Waals surface area contributed by atoms with Gasteiger partial charge >= 0.3 is 12.1 Å². The predicted molar refractivity (Wildman–Crippen MR) is 126 cm³/mol. The van der Waals surface area contributed by atoms with Crippen LogP contribution in [0.25, 0.3) is 11.1 Å². The molecule has 0 fully saturated rings. The third kappa shape index (κ3) is 5.92. The van der Waals surface area contributed by atoms with Crippen molar-refractivity contribution in [1.29, 1.82) is 0 Å². The quantitative estimate of drug-likeness (QED) is 0.498. The second-order valence-corrected chi connectivity index (χ2v) is 9.12. The third-order valence-electron chi connectivity index (χ3n) is 6.03. The molecule has 1 unspecified atom stereocenters. The highest BCUT2D eigenvalue weighted by molar-refractivity contribution is 5.83. The van der Waals surface area contributed by atoms with Crippen LogP contribution in [-0.4, -0.2) is 42.3 Å². The number of carbonyl (C=O) groups excluding carboxylic acids is 2. The first-order valence-corrected chi connectivity index (χ1v) is 11.3. The van der Waals surface area contributed by atoms with E-state index in [9.17, 15) is 14.4 Å². The highest BCUT2D eigenvalue weighted by Gasteiger charge is 2.32. The molecule has 0 spiro atoms. The van der Waals surface area contributed by atoms with Crippen molar-refractivity contribution in [2.75, 3.05) is 13.2 Å². The number of ether oxygens (including phenoxy) is 1. The average Bonchev–Trinajstić information content (AvgIpc) is 3.10. The maximum atomic E-state index is 12.7. The number of benzene rings is 2. The van der Waals surface area contributed by atoms with Crippen LogP contribution >= 0.6 is 0 Å². The first kappa shape index (κ1) is 24.3. The van der Waals surface area contributed by atoms with E-state index < -0.39 is 23.5 Å². The molecule has 0 radical (unpaired) electrons. The normalized spacial score (nSPS) is 13.5. The van der Waals surface area contributed by atoms with E-state index in [1.165, 1.54) is 0 Å². The number of hydrogen-bond donors (Lipinski definition) is 3. The van der Waals surface area contributed by atoms with Crippen molar-refractivity contribution in [3.8, 4) is 11.1 Å². The minimum atomic E-state index is -0.955. The highest BCUT2D eigenvalue weighted by atomic mass is 16.5. The van der Waals surface area contributed by atoms with Gasteiger partial charge in [-0.15, -0.1) is 0 Å². The molecule has 1 atom stereocenters. The van der Waals surface area contributed by atoms with Crippen molar-refractivity contribution in [3.63, 3.8) is 0 Å². The van der Waals surface area contributed by atoms with E-state index in [4.69, 9.17) is 9.84 Å². The predicted octanol–water partition coefficient (Wildman–Crippen LogP) is 4.31. The molecular formula is C26H32N2O5. The van der Waals surface area contributed by atoms with Crippen LogP contribution < -0.4 is 10.6 Å². The Morgan fingerprint density at radius 1 is 1.03 bits per heavy atom. The first-order chi connectivity index (χ1) is 15.7. The van der Waals surface area contributed by atoms with Gasteiger partial charge < -0.3 is 20.5 Å². The van der Waals surface area contributed by atoms with Crippen LogP contribution in [0.5, 0.6) is 0 Å². The van der Waals surface area contributed by atoms with Crippen molar-refractivity contribution in [1.82, 2.24) is 10.6 Å². The van der Waals surface area contributed by atoms with Gasteiger partial charge in [-0.1, -0.05) is 61.9 Å². The summed E-state index contributed by atoms with van der Waals surface area (Å²) in [6, 6.07) is 15.8. The molecule has 3 N–H and O–H groups in total. The SMILES string of the molecule is CCCC(CC(=O)O)NC(=O)C(C)(C)CNC(=O)OCC1c2ccccc2-c2ccccc21. The molecule has 33 heavy (non-hydrogen) atoms. The number of aliphatic carboxylic acids is 1. The molecule has 0 aliphatic heterocycles. The lowest BCUT2D eigenvalue weighted by Crippen LogP contribution is -2.48. The maximum absolute atomic E-state index is 12.7. The van der Waals surface area contributed by atoms with Gasteiger partial charge in [0.2, 0.25) is 5.91 Å². The van der Waals surface area contributed by atoms with E-state index >= 15 is 0 Å². The number of fused-ring (bicyclic) bond motifs is 3. The largest absolute Gasteiger partial charge is 0.481 e. The van der Waals surface area contributed by atoms with Gasteiger partial charge in [0.1, 0.15) is 6.61 Å². The fourth-order valence-electron chi connectivity index (χ4n) is 4.19. The van der Waals surface area contributed by atoms with Gasteiger partial charge in [0, 0.05) is 18.5 Å². The summed E-state index contributed by atoms with van der Waals surface area (Å²) < 4.78 is 5.53. The number of nitrogens with one attached hydrogen (secondary N) is 2. The number of carboxylic acid groups (broad SMARTS) is 1. The lowest BCUT2D eigenvalue weighted by molar-refractivity contribution is -0.138. The van der Waals surface area contributed by atoms with Crippen LogP contribution in [-0.2, 0) is 14.3 Å². The summed E-state index contributed by atoms with van der Waals surface area (Å²) >= 11 is 0. The van der Waals surface area contributed by atoms with Crippen molar-refractivity contribution >= 4 is 18.0 Å². The molecule has 2 aromatic carbocycles. The van der Waals surface area contributed by atoms with Gasteiger partial charge in [0.05, 0.1) is 11.8 Å². The smallest absolute Gasteiger partial charge is 0.407 e. The summed E-state index contributed by atoms with van der Waals surface area (Å²) in [5, 5.41) is 14.5. The fourth-order valence-corrected chi connectivity index (χ4v) is 4.19. The Morgan fingerprint density at radius 2 is 1.61 bits per heavy atom. The minimum absolute atomic E-state index is 0.0368. The van der Waals surface area contributed by atoms with E-state index in [0.717, 1.165) is 28.7 Å². The molecule has 1 aliphatic rings. The number of alkyl carbamates (subject to hydrolysis) is 1. The summed E-state index contributed by atoms with van der Waals surface area (Å²) in [5.74, 6) is -1.30. The van der Waals surface area contributed by atoms with Crippen LogP contribution in [0.1, 0.15) is 57.1 Å². The summed E-state index contributed by atoms with van der Waals surface area (Å²) in [7, 11) is 0. The van der Waals surface area contributed by atoms with E-state index in [-0.39, 0.29) is 31.4 Å². The molecule has 0 heterocycles. The molecule has 0 saturated carbocycles. The van der Waals surface area contributed by atoms with Gasteiger partial charge in [0.15, 0.2) is 0 Å². The molecule has 1 aliphatic carbocycles. The molecule has 0 bridgehead atoms. The number of carbonyl (C=O) groups is 3. The summed E-state index contributed by atoms with van der Waals surface area (Å²) in [6.07, 6.45) is 0.619. The Bertz CT molecular complexity index is 972. The Morgan fingerprint density at radius 3 is 2.15 bits per heavy atom. The second-order valence-electron chi connectivity index (χ2n) is 9.12. The molecular weight excluding hydrogens is 420 g/mol. The summed E-state index contributed by atoms with van der Waals surface area (Å²) in [6.45, 7) is 5.61. The van der Waals surface area contributed by atoms with E-state index in [0.29, 0.717) is 6.42 Å². The Labute approximate surface area is 194 Å². The van der Waals surface area contributed by atoms with E-state index in [1.54, 1.807) is 13.8 Å². The third-order valence-corrected chi connectivity index (χ3v) is 6.03. The molecule has 0 saturated heterocycles. The Kier molecular flexibility index (Phi) is 7.74. The fraction of sp³-hybridized carbons (Fsp3) is 0.423. The highest BCUT2D eigenvalue weighted by Crippen LogP contribution is 2.44. The van der Waals surface area contributed by atoms with Gasteiger partial charge in [-0.25, -0.2) is 4.79 Å². The Balaban J connectivity index is 1.55. The number of rotatable bonds is 10. The van der Waals surface area contributed by atoms with Crippen LogP contribution in [0.2, 0.25) is 0 Å². The van der Waals surface area contributed by atoms with E-state index in [2.05, 4.69) is 34.9 Å². The van der Waals surface area contributed by atoms with Crippen molar-refractivity contribution in [2.45, 2.75) is 52.0 Å². The van der Waals surface area contributed by atoms with Gasteiger partial charge in [-0.2, -0.15) is 0 Å². The Hall–Kier alpha value is -3.35. The summed E-state index contributed by atoms with van der Waals surface area (Å²) in [5.41, 5.74) is 3.65. The second kappa shape index (κ2) is 10.5. The summed E-state index contributed by atoms with van der Waals surface area (Å²) in [4.78, 5) is 36.2. The molecule has 0 aromatic heterocycles. The van der Waals surface area contributed by atoms with Crippen LogP contribution in [0.15, 0.2) is 48.5 Å². The van der Waals surface area contributed by atoms with Gasteiger partial charge in [-0.05, 0) is 42.5 Å². The lowest BCUT2D eigenvalue weighted by atomic mass is 9.91. The van der Waals surface area contributed by atoms with Crippen LogP contribution in [0.3, 0.4) is 0 Å².